The van der Waals surface area contributed by atoms with Crippen molar-refractivity contribution in [3.8, 4) is 5.75 Å². The Hall–Kier alpha value is -3.27. The predicted octanol–water partition coefficient (Wildman–Crippen LogP) is 5.11. The first-order valence-electron chi connectivity index (χ1n) is 9.10. The molecule has 136 valence electrons. The van der Waals surface area contributed by atoms with Crippen LogP contribution in [0.15, 0.2) is 66.9 Å². The van der Waals surface area contributed by atoms with Gasteiger partial charge in [0.1, 0.15) is 5.75 Å². The molecule has 4 aromatic rings. The molecular formula is C23H21NO3. The summed E-state index contributed by atoms with van der Waals surface area (Å²) in [6.45, 7) is 2.18. The molecular weight excluding hydrogens is 338 g/mol. The van der Waals surface area contributed by atoms with Crippen molar-refractivity contribution in [3.63, 3.8) is 0 Å². The number of phenols is 1. The maximum atomic E-state index is 12.3. The summed E-state index contributed by atoms with van der Waals surface area (Å²) in [5.74, 6) is -0.140. The summed E-state index contributed by atoms with van der Waals surface area (Å²) in [4.78, 5) is 15.5. The third-order valence-corrected chi connectivity index (χ3v) is 4.92. The Kier molecular flexibility index (Phi) is 4.55. The molecule has 0 aliphatic rings. The number of aromatic nitrogens is 1. The van der Waals surface area contributed by atoms with E-state index in [4.69, 9.17) is 4.74 Å². The van der Waals surface area contributed by atoms with Crippen molar-refractivity contribution < 1.29 is 14.6 Å². The molecule has 1 heterocycles. The van der Waals surface area contributed by atoms with Crippen LogP contribution in [-0.4, -0.2) is 22.7 Å². The summed E-state index contributed by atoms with van der Waals surface area (Å²) in [7, 11) is 0. The van der Waals surface area contributed by atoms with Crippen molar-refractivity contribution in [1.82, 2.24) is 4.98 Å². The Bertz CT molecular complexity index is 1110. The van der Waals surface area contributed by atoms with Crippen molar-refractivity contribution in [2.24, 2.45) is 0 Å². The van der Waals surface area contributed by atoms with Crippen molar-refractivity contribution in [1.29, 1.82) is 0 Å². The summed E-state index contributed by atoms with van der Waals surface area (Å²) in [6.07, 6.45) is 2.18. The number of aromatic amines is 1. The molecule has 0 fully saturated rings. The van der Waals surface area contributed by atoms with Gasteiger partial charge in [-0.3, -0.25) is 4.79 Å². The zero-order chi connectivity index (χ0) is 18.8. The van der Waals surface area contributed by atoms with Crippen LogP contribution in [0.3, 0.4) is 0 Å². The van der Waals surface area contributed by atoms with Gasteiger partial charge in [0.2, 0.25) is 0 Å². The number of carbonyl (C=O) groups is 1. The van der Waals surface area contributed by atoms with Crippen LogP contribution in [0.1, 0.15) is 30.4 Å². The average molecular weight is 359 g/mol. The average Bonchev–Trinajstić information content (AvgIpc) is 3.08. The molecule has 1 unspecified atom stereocenters. The van der Waals surface area contributed by atoms with E-state index < -0.39 is 0 Å². The lowest BCUT2D eigenvalue weighted by Crippen LogP contribution is -2.11. The molecule has 4 heteroatoms. The Balaban J connectivity index is 1.83. The second kappa shape index (κ2) is 7.16. The first-order chi connectivity index (χ1) is 13.2. The molecule has 0 aliphatic heterocycles. The molecule has 0 saturated heterocycles. The van der Waals surface area contributed by atoms with Gasteiger partial charge in [0, 0.05) is 29.1 Å². The van der Waals surface area contributed by atoms with E-state index in [9.17, 15) is 9.90 Å². The lowest BCUT2D eigenvalue weighted by atomic mass is 9.87. The number of esters is 1. The molecule has 4 nitrogen and oxygen atoms in total. The van der Waals surface area contributed by atoms with Gasteiger partial charge in [-0.25, -0.2) is 0 Å². The zero-order valence-corrected chi connectivity index (χ0v) is 15.1. The predicted molar refractivity (Wildman–Crippen MR) is 107 cm³/mol. The highest BCUT2D eigenvalue weighted by Crippen LogP contribution is 2.36. The van der Waals surface area contributed by atoms with Crippen molar-refractivity contribution in [3.05, 3.63) is 78.0 Å². The summed E-state index contributed by atoms with van der Waals surface area (Å²) < 4.78 is 5.22. The highest BCUT2D eigenvalue weighted by Gasteiger charge is 2.22. The molecule has 2 N–H and O–H groups in total. The number of benzene rings is 3. The number of phenolic OH excluding ortho intramolecular Hbond substituents is 1. The third kappa shape index (κ3) is 3.38. The molecule has 0 saturated carbocycles. The van der Waals surface area contributed by atoms with E-state index in [1.54, 1.807) is 12.1 Å². The standard InChI is InChI=1S/C23H21NO3/c1-2-27-23(26)13-20(17-8-7-15-5-3-4-6-16(15)11-17)21-14-24-22-12-18(25)9-10-19(21)22/h3-12,14,20,24-25H,2,13H2,1H3. The Labute approximate surface area is 157 Å². The molecule has 0 spiro atoms. The van der Waals surface area contributed by atoms with Crippen LogP contribution in [0.4, 0.5) is 0 Å². The molecule has 0 aliphatic carbocycles. The van der Waals surface area contributed by atoms with Crippen molar-refractivity contribution in [2.75, 3.05) is 6.61 Å². The van der Waals surface area contributed by atoms with Crippen molar-refractivity contribution in [2.45, 2.75) is 19.3 Å². The number of H-pyrrole nitrogens is 1. The van der Waals surface area contributed by atoms with Gasteiger partial charge in [0.25, 0.3) is 0 Å². The molecule has 0 amide bonds. The van der Waals surface area contributed by atoms with Gasteiger partial charge >= 0.3 is 5.97 Å². The van der Waals surface area contributed by atoms with E-state index in [-0.39, 0.29) is 24.1 Å². The number of aromatic hydroxyl groups is 1. The number of hydrogen-bond donors (Lipinski definition) is 2. The molecule has 27 heavy (non-hydrogen) atoms. The number of nitrogens with one attached hydrogen (secondary N) is 1. The van der Waals surface area contributed by atoms with Gasteiger partial charge in [0.05, 0.1) is 13.0 Å². The largest absolute Gasteiger partial charge is 0.508 e. The van der Waals surface area contributed by atoms with Crippen LogP contribution in [0.25, 0.3) is 21.7 Å². The van der Waals surface area contributed by atoms with Gasteiger partial charge in [-0.15, -0.1) is 0 Å². The lowest BCUT2D eigenvalue weighted by molar-refractivity contribution is -0.143. The summed E-state index contributed by atoms with van der Waals surface area (Å²) in [5.41, 5.74) is 2.93. The minimum absolute atomic E-state index is 0.132. The van der Waals surface area contributed by atoms with E-state index in [0.717, 1.165) is 27.4 Å². The van der Waals surface area contributed by atoms with Crippen LogP contribution in [0, 0.1) is 0 Å². The second-order valence-electron chi connectivity index (χ2n) is 6.64. The van der Waals surface area contributed by atoms with E-state index in [1.165, 1.54) is 5.39 Å². The van der Waals surface area contributed by atoms with E-state index in [0.29, 0.717) is 6.61 Å². The highest BCUT2D eigenvalue weighted by molar-refractivity contribution is 5.87. The van der Waals surface area contributed by atoms with E-state index >= 15 is 0 Å². The summed E-state index contributed by atoms with van der Waals surface area (Å²) >= 11 is 0. The SMILES string of the molecule is CCOC(=O)CC(c1ccc2ccccc2c1)c1c[nH]c2cc(O)ccc12. The maximum Gasteiger partial charge on any atom is 0.306 e. The molecule has 0 bridgehead atoms. The quantitative estimate of drug-likeness (QED) is 0.487. The summed E-state index contributed by atoms with van der Waals surface area (Å²) in [5, 5.41) is 13.0. The highest BCUT2D eigenvalue weighted by atomic mass is 16.5. The monoisotopic (exact) mass is 359 g/mol. The number of ether oxygens (including phenoxy) is 1. The Morgan fingerprint density at radius 1 is 1.07 bits per heavy atom. The number of rotatable bonds is 5. The maximum absolute atomic E-state index is 12.3. The second-order valence-corrected chi connectivity index (χ2v) is 6.64. The fourth-order valence-electron chi connectivity index (χ4n) is 3.64. The molecule has 3 aromatic carbocycles. The van der Waals surface area contributed by atoms with E-state index in [2.05, 4.69) is 35.3 Å². The van der Waals surface area contributed by atoms with Crippen LogP contribution in [0.2, 0.25) is 0 Å². The van der Waals surface area contributed by atoms with Gasteiger partial charge < -0.3 is 14.8 Å². The molecule has 4 rings (SSSR count). The summed E-state index contributed by atoms with van der Waals surface area (Å²) in [6, 6.07) is 19.7. The van der Waals surface area contributed by atoms with Gasteiger partial charge in [-0.05, 0) is 41.0 Å². The molecule has 0 radical (unpaired) electrons. The van der Waals surface area contributed by atoms with Crippen LogP contribution in [0.5, 0.6) is 5.75 Å². The van der Waals surface area contributed by atoms with Gasteiger partial charge in [-0.1, -0.05) is 42.5 Å². The topological polar surface area (TPSA) is 62.3 Å². The van der Waals surface area contributed by atoms with Crippen LogP contribution in [-0.2, 0) is 9.53 Å². The Morgan fingerprint density at radius 2 is 1.89 bits per heavy atom. The zero-order valence-electron chi connectivity index (χ0n) is 15.1. The van der Waals surface area contributed by atoms with E-state index in [1.807, 2.05) is 31.3 Å². The van der Waals surface area contributed by atoms with Gasteiger partial charge in [0.15, 0.2) is 0 Å². The minimum Gasteiger partial charge on any atom is -0.508 e. The third-order valence-electron chi connectivity index (χ3n) is 4.92. The van der Waals surface area contributed by atoms with Crippen LogP contribution >= 0.6 is 0 Å². The number of carbonyl (C=O) groups excluding carboxylic acids is 1. The Morgan fingerprint density at radius 3 is 2.70 bits per heavy atom. The van der Waals surface area contributed by atoms with Crippen molar-refractivity contribution >= 4 is 27.6 Å². The normalized spacial score (nSPS) is 12.3. The molecule has 1 atom stereocenters. The fourth-order valence-corrected chi connectivity index (χ4v) is 3.64. The minimum atomic E-state index is -0.219. The number of hydrogen-bond acceptors (Lipinski definition) is 3. The first kappa shape index (κ1) is 17.2. The molecule has 1 aromatic heterocycles. The smallest absolute Gasteiger partial charge is 0.306 e. The first-order valence-corrected chi connectivity index (χ1v) is 9.10. The lowest BCUT2D eigenvalue weighted by Gasteiger charge is -2.17. The fraction of sp³-hybridized carbons (Fsp3) is 0.174. The number of fused-ring (bicyclic) bond motifs is 2. The van der Waals surface area contributed by atoms with Gasteiger partial charge in [-0.2, -0.15) is 0 Å². The van der Waals surface area contributed by atoms with Crippen LogP contribution < -0.4 is 0 Å².